The van der Waals surface area contributed by atoms with Crippen LogP contribution in [0.5, 0.6) is 0 Å². The summed E-state index contributed by atoms with van der Waals surface area (Å²) in [6.07, 6.45) is 4.00. The van der Waals surface area contributed by atoms with E-state index < -0.39 is 8.45 Å². The van der Waals surface area contributed by atoms with Crippen molar-refractivity contribution in [3.05, 3.63) is 0 Å². The van der Waals surface area contributed by atoms with Gasteiger partial charge in [-0.1, -0.05) is 6.42 Å². The average molecular weight is 160 g/mol. The van der Waals surface area contributed by atoms with Gasteiger partial charge in [0.15, 0.2) is 8.45 Å². The molecule has 1 aliphatic heterocycles. The molecule has 2 fully saturated rings. The van der Waals surface area contributed by atoms with Gasteiger partial charge in [-0.25, -0.2) is 0 Å². The summed E-state index contributed by atoms with van der Waals surface area (Å²) in [7, 11) is 1.28. The lowest BCUT2D eigenvalue weighted by molar-refractivity contribution is 0.449. The highest BCUT2D eigenvalue weighted by Gasteiger charge is 2.36. The minimum atomic E-state index is -0.476. The molecule has 2 rings (SSSR count). The number of rotatable bonds is 1. The van der Waals surface area contributed by atoms with Gasteiger partial charge in [-0.15, -0.1) is 0 Å². The Morgan fingerprint density at radius 1 is 1.30 bits per heavy atom. The maximum atomic E-state index is 5.19. The Balaban J connectivity index is 1.94. The number of hydrogen-bond donors (Lipinski definition) is 2. The number of fused-ring (bicyclic) bond motifs is 1. The molecular weight excluding hydrogens is 147 g/mol. The van der Waals surface area contributed by atoms with Gasteiger partial charge in [-0.2, -0.15) is 0 Å². The predicted molar refractivity (Wildman–Crippen MR) is 41.6 cm³/mol. The van der Waals surface area contributed by atoms with Gasteiger partial charge in [0.2, 0.25) is 0 Å². The van der Waals surface area contributed by atoms with Crippen LogP contribution in [0.15, 0.2) is 0 Å². The third kappa shape index (κ3) is 1.08. The van der Waals surface area contributed by atoms with E-state index in [4.69, 9.17) is 4.52 Å². The van der Waals surface area contributed by atoms with Gasteiger partial charge in [-0.3, -0.25) is 10.2 Å². The molecule has 1 saturated heterocycles. The monoisotopic (exact) mass is 160 g/mol. The van der Waals surface area contributed by atoms with E-state index >= 15 is 0 Å². The molecule has 1 aliphatic carbocycles. The molecule has 1 saturated carbocycles. The molecule has 10 heavy (non-hydrogen) atoms. The van der Waals surface area contributed by atoms with E-state index in [1.54, 1.807) is 7.11 Å². The molecule has 0 bridgehead atoms. The molecule has 3 nitrogen and oxygen atoms in total. The molecule has 4 heteroatoms. The Morgan fingerprint density at radius 3 is 2.40 bits per heavy atom. The zero-order valence-corrected chi connectivity index (χ0v) is 7.03. The Bertz CT molecular complexity index is 121. The molecule has 2 N–H and O–H groups in total. The maximum absolute atomic E-state index is 5.19. The molecule has 0 radical (unpaired) electrons. The van der Waals surface area contributed by atoms with Crippen LogP contribution in [0.1, 0.15) is 19.3 Å². The Morgan fingerprint density at radius 2 is 1.90 bits per heavy atom. The van der Waals surface area contributed by atoms with Gasteiger partial charge in [0.25, 0.3) is 0 Å². The average Bonchev–Trinajstić information content (AvgIpc) is 2.42. The zero-order valence-electron chi connectivity index (χ0n) is 6.13. The first-order chi connectivity index (χ1) is 4.90. The quantitative estimate of drug-likeness (QED) is 0.561. The highest BCUT2D eigenvalue weighted by molar-refractivity contribution is 7.48. The van der Waals surface area contributed by atoms with Crippen molar-refractivity contribution in [3.8, 4) is 0 Å². The third-order valence-corrected chi connectivity index (χ3v) is 3.76. The lowest BCUT2D eigenvalue weighted by Crippen LogP contribution is -2.26. The number of hydrogen-bond acceptors (Lipinski definition) is 3. The fourth-order valence-corrected chi connectivity index (χ4v) is 3.22. The van der Waals surface area contributed by atoms with Gasteiger partial charge in [-0.05, 0) is 12.8 Å². The minimum absolute atomic E-state index is 0.476. The van der Waals surface area contributed by atoms with Gasteiger partial charge in [0, 0.05) is 19.2 Å². The van der Waals surface area contributed by atoms with Crippen molar-refractivity contribution >= 4 is 8.45 Å². The normalized spacial score (nSPS) is 45.9. The van der Waals surface area contributed by atoms with Crippen LogP contribution in [-0.4, -0.2) is 19.2 Å². The second-order valence-electron chi connectivity index (χ2n) is 2.88. The van der Waals surface area contributed by atoms with E-state index in [9.17, 15) is 0 Å². The fraction of sp³-hybridized carbons (Fsp3) is 1.00. The lowest BCUT2D eigenvalue weighted by Gasteiger charge is -2.08. The fourth-order valence-electron chi connectivity index (χ4n) is 1.71. The largest absolute Gasteiger partial charge is 0.335 e. The third-order valence-electron chi connectivity index (χ3n) is 2.26. The highest BCUT2D eigenvalue weighted by atomic mass is 31.2. The molecular formula is C6H13N2OP. The summed E-state index contributed by atoms with van der Waals surface area (Å²) < 4.78 is 5.19. The van der Waals surface area contributed by atoms with Crippen LogP contribution >= 0.6 is 8.45 Å². The molecule has 1 heterocycles. The Hall–Kier alpha value is 0.310. The van der Waals surface area contributed by atoms with E-state index in [0.29, 0.717) is 12.1 Å². The van der Waals surface area contributed by atoms with Gasteiger partial charge in [0.1, 0.15) is 0 Å². The van der Waals surface area contributed by atoms with E-state index in [0.717, 1.165) is 0 Å². The molecule has 0 aromatic heterocycles. The van der Waals surface area contributed by atoms with Crippen LogP contribution in [0.4, 0.5) is 0 Å². The van der Waals surface area contributed by atoms with E-state index in [-0.39, 0.29) is 0 Å². The molecule has 58 valence electrons. The van der Waals surface area contributed by atoms with Crippen molar-refractivity contribution < 1.29 is 4.52 Å². The summed E-state index contributed by atoms with van der Waals surface area (Å²) in [5.41, 5.74) is 0. The van der Waals surface area contributed by atoms with E-state index in [2.05, 4.69) is 10.2 Å². The highest BCUT2D eigenvalue weighted by Crippen LogP contribution is 2.39. The van der Waals surface area contributed by atoms with Crippen LogP contribution in [0, 0.1) is 0 Å². The molecule has 2 aliphatic rings. The van der Waals surface area contributed by atoms with Gasteiger partial charge >= 0.3 is 0 Å². The SMILES string of the molecule is COP1NC2CCCC2N1. The first-order valence-corrected chi connectivity index (χ1v) is 5.02. The van der Waals surface area contributed by atoms with Crippen molar-refractivity contribution in [3.63, 3.8) is 0 Å². The minimum Gasteiger partial charge on any atom is -0.335 e. The summed E-state index contributed by atoms with van der Waals surface area (Å²) in [4.78, 5) is 0. The molecule has 0 aromatic rings. The zero-order chi connectivity index (χ0) is 6.97. The van der Waals surface area contributed by atoms with E-state index in [1.165, 1.54) is 19.3 Å². The smallest absolute Gasteiger partial charge is 0.182 e. The number of nitrogens with one attached hydrogen (secondary N) is 2. The molecule has 0 spiro atoms. The molecule has 0 aromatic carbocycles. The first kappa shape index (κ1) is 6.99. The molecule has 2 unspecified atom stereocenters. The maximum Gasteiger partial charge on any atom is 0.182 e. The molecule has 0 amide bonds. The van der Waals surface area contributed by atoms with Crippen molar-refractivity contribution in [1.29, 1.82) is 0 Å². The van der Waals surface area contributed by atoms with Crippen LogP contribution in [0.2, 0.25) is 0 Å². The second-order valence-corrected chi connectivity index (χ2v) is 4.35. The van der Waals surface area contributed by atoms with Gasteiger partial charge in [0.05, 0.1) is 0 Å². The van der Waals surface area contributed by atoms with Crippen LogP contribution in [-0.2, 0) is 4.52 Å². The lowest BCUT2D eigenvalue weighted by atomic mass is 10.2. The Kier molecular flexibility index (Phi) is 1.92. The summed E-state index contributed by atoms with van der Waals surface area (Å²) in [5, 5.41) is 6.87. The van der Waals surface area contributed by atoms with Crippen LogP contribution in [0.3, 0.4) is 0 Å². The van der Waals surface area contributed by atoms with Crippen molar-refractivity contribution in [2.45, 2.75) is 31.3 Å². The standard InChI is InChI=1S/C6H13N2OP/c1-9-10-7-5-3-2-4-6(5)8-10/h5-8H,2-4H2,1H3. The van der Waals surface area contributed by atoms with Crippen molar-refractivity contribution in [1.82, 2.24) is 10.2 Å². The van der Waals surface area contributed by atoms with Gasteiger partial charge < -0.3 is 4.52 Å². The second kappa shape index (κ2) is 2.74. The Labute approximate surface area is 62.5 Å². The summed E-state index contributed by atoms with van der Waals surface area (Å²) in [6, 6.07) is 1.40. The topological polar surface area (TPSA) is 33.3 Å². The van der Waals surface area contributed by atoms with E-state index in [1.807, 2.05) is 0 Å². The van der Waals surface area contributed by atoms with Crippen molar-refractivity contribution in [2.75, 3.05) is 7.11 Å². The summed E-state index contributed by atoms with van der Waals surface area (Å²) >= 11 is 0. The van der Waals surface area contributed by atoms with Crippen LogP contribution < -0.4 is 10.2 Å². The predicted octanol–water partition coefficient (Wildman–Crippen LogP) is 0.974. The first-order valence-electron chi connectivity index (χ1n) is 3.77. The summed E-state index contributed by atoms with van der Waals surface area (Å²) in [6.45, 7) is 0. The van der Waals surface area contributed by atoms with Crippen LogP contribution in [0.25, 0.3) is 0 Å². The summed E-state index contributed by atoms with van der Waals surface area (Å²) in [5.74, 6) is 0. The molecule has 2 atom stereocenters. The van der Waals surface area contributed by atoms with Crippen molar-refractivity contribution in [2.24, 2.45) is 0 Å².